The zero-order chi connectivity index (χ0) is 17.7. The van der Waals surface area contributed by atoms with E-state index >= 15 is 0 Å². The summed E-state index contributed by atoms with van der Waals surface area (Å²) >= 11 is 1.75. The van der Waals surface area contributed by atoms with Crippen molar-refractivity contribution in [1.82, 2.24) is 10.4 Å². The highest BCUT2D eigenvalue weighted by atomic mass is 32.1. The Morgan fingerprint density at radius 3 is 2.73 bits per heavy atom. The zero-order valence-electron chi connectivity index (χ0n) is 14.8. The molecule has 2 atom stereocenters. The monoisotopic (exact) mass is 360 g/mol. The van der Waals surface area contributed by atoms with Gasteiger partial charge in [0, 0.05) is 11.1 Å². The second kappa shape index (κ2) is 6.01. The number of hydrazine groups is 1. The number of nitrogens with one attached hydrogen (secondary N) is 1. The molecule has 0 radical (unpaired) electrons. The predicted octanol–water partition coefficient (Wildman–Crippen LogP) is 5.36. The molecule has 0 bridgehead atoms. The van der Waals surface area contributed by atoms with Gasteiger partial charge in [-0.05, 0) is 43.0 Å². The molecule has 0 saturated carbocycles. The van der Waals surface area contributed by atoms with Gasteiger partial charge in [0.25, 0.3) is 0 Å². The van der Waals surface area contributed by atoms with Gasteiger partial charge in [-0.2, -0.15) is 5.01 Å². The van der Waals surface area contributed by atoms with Crippen LogP contribution in [-0.4, -0.2) is 5.01 Å². The maximum atomic E-state index is 6.47. The molecule has 1 aromatic heterocycles. The van der Waals surface area contributed by atoms with Crippen molar-refractivity contribution in [2.75, 3.05) is 0 Å². The van der Waals surface area contributed by atoms with E-state index in [4.69, 9.17) is 4.74 Å². The van der Waals surface area contributed by atoms with Crippen LogP contribution in [0.25, 0.3) is 5.70 Å². The smallest absolute Gasteiger partial charge is 0.196 e. The molecule has 2 unspecified atom stereocenters. The Hall–Kier alpha value is -2.56. The Balaban J connectivity index is 1.63. The van der Waals surface area contributed by atoms with Crippen LogP contribution in [0.1, 0.15) is 39.4 Å². The normalized spacial score (nSPS) is 21.4. The van der Waals surface area contributed by atoms with E-state index in [0.717, 1.165) is 11.4 Å². The van der Waals surface area contributed by atoms with Crippen LogP contribution in [-0.2, 0) is 0 Å². The summed E-state index contributed by atoms with van der Waals surface area (Å²) < 4.78 is 6.47. The first kappa shape index (κ1) is 15.7. The van der Waals surface area contributed by atoms with Crippen molar-refractivity contribution in [2.45, 2.75) is 26.1 Å². The molecule has 3 heterocycles. The standard InChI is InChI=1S/C22H20N2OS/c1-14-9-10-15(2)17(12-14)22-24-19(16-6-3-4-7-20(16)25-22)13-18(23-24)21-8-5-11-26-21/h3-13,19,22-23H,1-2H3. The number of hydrogen-bond donors (Lipinski definition) is 1. The predicted molar refractivity (Wildman–Crippen MR) is 106 cm³/mol. The summed E-state index contributed by atoms with van der Waals surface area (Å²) in [5.74, 6) is 0.963. The first-order valence-electron chi connectivity index (χ1n) is 8.84. The number of para-hydroxylation sites is 1. The Kier molecular flexibility index (Phi) is 3.62. The molecular weight excluding hydrogens is 340 g/mol. The van der Waals surface area contributed by atoms with Crippen LogP contribution in [0.15, 0.2) is 66.1 Å². The number of hydrogen-bond acceptors (Lipinski definition) is 4. The number of nitrogens with zero attached hydrogens (tertiary/aromatic N) is 1. The minimum Gasteiger partial charge on any atom is -0.469 e. The fourth-order valence-electron chi connectivity index (χ4n) is 3.75. The highest BCUT2D eigenvalue weighted by Crippen LogP contribution is 2.46. The van der Waals surface area contributed by atoms with E-state index in [0.29, 0.717) is 0 Å². The van der Waals surface area contributed by atoms with Crippen LogP contribution in [0, 0.1) is 13.8 Å². The molecule has 4 heteroatoms. The number of rotatable bonds is 2. The van der Waals surface area contributed by atoms with Gasteiger partial charge < -0.3 is 10.2 Å². The van der Waals surface area contributed by atoms with Crippen LogP contribution in [0.3, 0.4) is 0 Å². The molecule has 2 aliphatic heterocycles. The molecule has 0 aliphatic carbocycles. The van der Waals surface area contributed by atoms with Crippen LogP contribution in [0.4, 0.5) is 0 Å². The highest BCUT2D eigenvalue weighted by Gasteiger charge is 2.40. The van der Waals surface area contributed by atoms with Crippen molar-refractivity contribution >= 4 is 17.0 Å². The van der Waals surface area contributed by atoms with Crippen molar-refractivity contribution in [3.05, 3.63) is 93.2 Å². The van der Waals surface area contributed by atoms with E-state index in [-0.39, 0.29) is 12.3 Å². The van der Waals surface area contributed by atoms with Crippen molar-refractivity contribution in [3.63, 3.8) is 0 Å². The zero-order valence-corrected chi connectivity index (χ0v) is 15.6. The molecular formula is C22H20N2OS. The molecule has 2 aromatic carbocycles. The van der Waals surface area contributed by atoms with E-state index < -0.39 is 0 Å². The Bertz CT molecular complexity index is 993. The van der Waals surface area contributed by atoms with Crippen LogP contribution in [0.2, 0.25) is 0 Å². The summed E-state index contributed by atoms with van der Waals surface area (Å²) in [5, 5.41) is 4.35. The third-order valence-electron chi connectivity index (χ3n) is 5.09. The van der Waals surface area contributed by atoms with E-state index in [2.05, 4.69) is 84.3 Å². The summed E-state index contributed by atoms with van der Waals surface area (Å²) in [6, 6.07) is 19.3. The van der Waals surface area contributed by atoms with Gasteiger partial charge in [-0.15, -0.1) is 11.3 Å². The number of aryl methyl sites for hydroxylation is 2. The van der Waals surface area contributed by atoms with Crippen molar-refractivity contribution in [3.8, 4) is 5.75 Å². The van der Waals surface area contributed by atoms with Crippen LogP contribution < -0.4 is 10.2 Å². The Labute approximate surface area is 157 Å². The summed E-state index contributed by atoms with van der Waals surface area (Å²) in [6.07, 6.45) is 2.15. The first-order valence-corrected chi connectivity index (χ1v) is 9.72. The lowest BCUT2D eigenvalue weighted by Crippen LogP contribution is -2.43. The van der Waals surface area contributed by atoms with Crippen molar-refractivity contribution in [1.29, 1.82) is 0 Å². The SMILES string of the molecule is Cc1ccc(C)c(C2Oc3ccccc3C3C=C(c4cccs4)NN32)c1. The minimum atomic E-state index is -0.163. The summed E-state index contributed by atoms with van der Waals surface area (Å²) in [5.41, 5.74) is 9.66. The molecule has 0 fully saturated rings. The molecule has 1 N–H and O–H groups in total. The van der Waals surface area contributed by atoms with Crippen molar-refractivity contribution < 1.29 is 4.74 Å². The fourth-order valence-corrected chi connectivity index (χ4v) is 4.45. The number of thiophene rings is 1. The number of ether oxygens (including phenoxy) is 1. The molecule has 3 aromatic rings. The average Bonchev–Trinajstić information content (AvgIpc) is 3.32. The summed E-state index contributed by atoms with van der Waals surface area (Å²) in [4.78, 5) is 1.25. The molecule has 5 rings (SSSR count). The molecule has 26 heavy (non-hydrogen) atoms. The lowest BCUT2D eigenvalue weighted by Gasteiger charge is -2.39. The fraction of sp³-hybridized carbons (Fsp3) is 0.182. The van der Waals surface area contributed by atoms with Gasteiger partial charge in [-0.1, -0.05) is 48.0 Å². The average molecular weight is 360 g/mol. The summed E-state index contributed by atoms with van der Waals surface area (Å²) in [6.45, 7) is 4.28. The van der Waals surface area contributed by atoms with E-state index in [9.17, 15) is 0 Å². The quantitative estimate of drug-likeness (QED) is 0.666. The second-order valence-electron chi connectivity index (χ2n) is 6.89. The highest BCUT2D eigenvalue weighted by molar-refractivity contribution is 7.11. The second-order valence-corrected chi connectivity index (χ2v) is 7.84. The molecule has 3 nitrogen and oxygen atoms in total. The van der Waals surface area contributed by atoms with E-state index in [1.165, 1.54) is 27.1 Å². The maximum absolute atomic E-state index is 6.47. The van der Waals surface area contributed by atoms with Gasteiger partial charge >= 0.3 is 0 Å². The maximum Gasteiger partial charge on any atom is 0.196 e. The number of fused-ring (bicyclic) bond motifs is 3. The van der Waals surface area contributed by atoms with Gasteiger partial charge in [0.2, 0.25) is 0 Å². The van der Waals surface area contributed by atoms with Crippen molar-refractivity contribution in [2.24, 2.45) is 0 Å². The molecule has 0 amide bonds. The topological polar surface area (TPSA) is 24.5 Å². The van der Waals surface area contributed by atoms with Gasteiger partial charge in [-0.3, -0.25) is 0 Å². The Morgan fingerprint density at radius 2 is 1.88 bits per heavy atom. The summed E-state index contributed by atoms with van der Waals surface area (Å²) in [7, 11) is 0. The molecule has 0 saturated heterocycles. The molecule has 0 spiro atoms. The van der Waals surface area contributed by atoms with Gasteiger partial charge in [0.15, 0.2) is 6.23 Å². The van der Waals surface area contributed by atoms with Gasteiger partial charge in [0.1, 0.15) is 5.75 Å². The van der Waals surface area contributed by atoms with E-state index in [1.807, 2.05) is 6.07 Å². The molecule has 2 aliphatic rings. The van der Waals surface area contributed by atoms with E-state index in [1.54, 1.807) is 11.3 Å². The largest absolute Gasteiger partial charge is 0.469 e. The lowest BCUT2D eigenvalue weighted by molar-refractivity contribution is -0.0330. The van der Waals surface area contributed by atoms with Gasteiger partial charge in [-0.25, -0.2) is 0 Å². The first-order chi connectivity index (χ1) is 12.7. The van der Waals surface area contributed by atoms with Crippen LogP contribution >= 0.6 is 11.3 Å². The molecule has 130 valence electrons. The van der Waals surface area contributed by atoms with Crippen LogP contribution in [0.5, 0.6) is 5.75 Å². The number of benzene rings is 2. The third-order valence-corrected chi connectivity index (χ3v) is 5.99. The minimum absolute atomic E-state index is 0.155. The lowest BCUT2D eigenvalue weighted by atomic mass is 9.99. The third kappa shape index (κ3) is 2.45. The van der Waals surface area contributed by atoms with Gasteiger partial charge in [0.05, 0.1) is 16.6 Å². The Morgan fingerprint density at radius 1 is 1.00 bits per heavy atom.